The molecule has 0 amide bonds. The van der Waals surface area contributed by atoms with Crippen molar-refractivity contribution in [2.75, 3.05) is 18.9 Å². The Kier molecular flexibility index (Phi) is 8.16. The summed E-state index contributed by atoms with van der Waals surface area (Å²) < 4.78 is 76.4. The van der Waals surface area contributed by atoms with Crippen molar-refractivity contribution in [1.29, 1.82) is 0 Å². The summed E-state index contributed by atoms with van der Waals surface area (Å²) in [6.45, 7) is 7.93. The summed E-state index contributed by atoms with van der Waals surface area (Å²) >= 11 is 0. The molecule has 14 nitrogen and oxygen atoms in total. The summed E-state index contributed by atoms with van der Waals surface area (Å²) in [5.41, 5.74) is -0.0539. The van der Waals surface area contributed by atoms with E-state index in [2.05, 4.69) is 20.0 Å². The minimum absolute atomic E-state index is 0.0150. The van der Waals surface area contributed by atoms with Gasteiger partial charge in [-0.25, -0.2) is 18.3 Å². The molecule has 0 bridgehead atoms. The lowest BCUT2D eigenvalue weighted by molar-refractivity contribution is -0.156. The van der Waals surface area contributed by atoms with Crippen molar-refractivity contribution in [3.8, 4) is 11.6 Å². The Morgan fingerprint density at radius 3 is 2.60 bits per heavy atom. The Balaban J connectivity index is 1.32. The molecule has 2 fully saturated rings. The highest BCUT2D eigenvalue weighted by Gasteiger charge is 2.96. The summed E-state index contributed by atoms with van der Waals surface area (Å²) in [5.74, 6) is -4.14. The molecule has 1 saturated carbocycles. The number of benzene rings is 2. The summed E-state index contributed by atoms with van der Waals surface area (Å²) in [4.78, 5) is 25.0. The highest BCUT2D eigenvalue weighted by molar-refractivity contribution is 7.52. The maximum absolute atomic E-state index is 16.7. The number of carbonyl (C=O) groups excluding carboxylic acids is 1. The molecular weight excluding hydrogens is 641 g/mol. The molecule has 7 atom stereocenters. The van der Waals surface area contributed by atoms with E-state index in [1.54, 1.807) is 43.3 Å². The Hall–Kier alpha value is -3.95. The lowest BCUT2D eigenvalue weighted by Crippen LogP contribution is -2.45. The first-order chi connectivity index (χ1) is 22.1. The van der Waals surface area contributed by atoms with Crippen molar-refractivity contribution in [3.05, 3.63) is 48.8 Å². The molecule has 47 heavy (non-hydrogen) atoms. The van der Waals surface area contributed by atoms with E-state index in [0.717, 1.165) is 23.2 Å². The third kappa shape index (κ3) is 5.37. The highest BCUT2D eigenvalue weighted by Crippen LogP contribution is 2.73. The van der Waals surface area contributed by atoms with E-state index in [0.29, 0.717) is 5.39 Å². The van der Waals surface area contributed by atoms with Gasteiger partial charge < -0.3 is 29.6 Å². The number of nitrogens with one attached hydrogen (secondary N) is 1. The molecule has 1 saturated heterocycles. The first-order valence-electron chi connectivity index (χ1n) is 15.0. The number of ether oxygens (including phenoxy) is 3. The predicted octanol–water partition coefficient (Wildman–Crippen LogP) is 4.38. The van der Waals surface area contributed by atoms with Crippen molar-refractivity contribution >= 4 is 41.6 Å². The summed E-state index contributed by atoms with van der Waals surface area (Å²) in [5, 5.41) is 15.2. The minimum atomic E-state index is -4.80. The van der Waals surface area contributed by atoms with Crippen LogP contribution in [0.2, 0.25) is 0 Å². The smallest absolute Gasteiger partial charge is 0.460 e. The molecule has 2 aromatic carbocycles. The molecule has 6 rings (SSSR count). The number of imidazole rings is 1. The number of hydrogen-bond donors (Lipinski definition) is 3. The number of fused-ring (bicyclic) bond motifs is 3. The number of aliphatic hydroxyl groups is 1. The van der Waals surface area contributed by atoms with Gasteiger partial charge in [0.1, 0.15) is 11.8 Å². The van der Waals surface area contributed by atoms with Crippen molar-refractivity contribution < 1.29 is 46.5 Å². The first-order valence-corrected chi connectivity index (χ1v) is 16.5. The Bertz CT molecular complexity index is 1890. The molecule has 3 heterocycles. The third-order valence-electron chi connectivity index (χ3n) is 8.06. The van der Waals surface area contributed by atoms with Gasteiger partial charge in [0.15, 0.2) is 34.8 Å². The van der Waals surface area contributed by atoms with Gasteiger partial charge in [-0.3, -0.25) is 13.9 Å². The number of esters is 1. The number of alkyl halides is 2. The van der Waals surface area contributed by atoms with Gasteiger partial charge in [-0.2, -0.15) is 15.1 Å². The van der Waals surface area contributed by atoms with Crippen LogP contribution in [0.25, 0.3) is 21.9 Å². The maximum Gasteiger partial charge on any atom is 0.460 e. The Morgan fingerprint density at radius 2 is 1.91 bits per heavy atom. The average molecular weight is 677 g/mol. The average Bonchev–Trinajstić information content (AvgIpc) is 3.24. The zero-order chi connectivity index (χ0) is 33.9. The van der Waals surface area contributed by atoms with Crippen LogP contribution in [0.15, 0.2) is 48.8 Å². The van der Waals surface area contributed by atoms with Crippen molar-refractivity contribution in [1.82, 2.24) is 24.6 Å². The molecule has 2 aliphatic rings. The van der Waals surface area contributed by atoms with E-state index in [1.807, 2.05) is 13.8 Å². The largest absolute Gasteiger partial charge is 0.476 e. The molecule has 2 aromatic heterocycles. The third-order valence-corrected chi connectivity index (χ3v) is 9.69. The van der Waals surface area contributed by atoms with Gasteiger partial charge >= 0.3 is 13.7 Å². The summed E-state index contributed by atoms with van der Waals surface area (Å²) in [6.07, 6.45) is -2.87. The van der Waals surface area contributed by atoms with E-state index in [4.69, 9.17) is 29.0 Å². The molecule has 252 valence electrons. The second-order valence-electron chi connectivity index (χ2n) is 12.0. The summed E-state index contributed by atoms with van der Waals surface area (Å²) in [6, 6.07) is 10.6. The molecule has 4 aromatic rings. The van der Waals surface area contributed by atoms with E-state index >= 15 is 8.78 Å². The van der Waals surface area contributed by atoms with Crippen LogP contribution in [0, 0.1) is 5.92 Å². The standard InChI is InChI=1S/C30H35F2N6O8P/c1-6-42-23-21-22(35-27(33)36-23)38(15-34-21)26-28(5,31)29(40)25(30(29,32)44-26)46-47(41,37-17(4)24(39)43-14-16(2)3)45-20-13-9-11-18-10-7-8-12-19(18)20/h7-13,15-17,25-26,40H,6,14H2,1-5H3,(H,37,41)(H2,33,35,36)/t17?,25?,26-,28+,29+,30-,47?/m1/s1. The van der Waals surface area contributed by atoms with Crippen molar-refractivity contribution in [2.24, 2.45) is 5.92 Å². The molecule has 0 radical (unpaired) electrons. The number of carbonyl (C=O) groups is 1. The molecule has 0 spiro atoms. The fourth-order valence-corrected chi connectivity index (χ4v) is 7.35. The van der Waals surface area contributed by atoms with Gasteiger partial charge in [-0.1, -0.05) is 50.2 Å². The monoisotopic (exact) mass is 676 g/mol. The highest BCUT2D eigenvalue weighted by atomic mass is 31.2. The van der Waals surface area contributed by atoms with Gasteiger partial charge in [0.05, 0.1) is 19.5 Å². The van der Waals surface area contributed by atoms with Gasteiger partial charge in [0, 0.05) is 5.39 Å². The fraction of sp³-hybridized carbons (Fsp3) is 0.467. The predicted molar refractivity (Wildman–Crippen MR) is 165 cm³/mol. The second kappa shape index (κ2) is 11.6. The molecule has 17 heteroatoms. The van der Waals surface area contributed by atoms with E-state index < -0.39 is 49.2 Å². The molecule has 1 aliphatic heterocycles. The van der Waals surface area contributed by atoms with Gasteiger partial charge in [0.2, 0.25) is 11.8 Å². The van der Waals surface area contributed by atoms with Crippen LogP contribution in [0.1, 0.15) is 40.8 Å². The van der Waals surface area contributed by atoms with Crippen molar-refractivity contribution in [3.63, 3.8) is 0 Å². The Morgan fingerprint density at radius 1 is 1.19 bits per heavy atom. The van der Waals surface area contributed by atoms with E-state index in [9.17, 15) is 14.5 Å². The topological polar surface area (TPSA) is 182 Å². The summed E-state index contributed by atoms with van der Waals surface area (Å²) in [7, 11) is -4.80. The minimum Gasteiger partial charge on any atom is -0.476 e. The first kappa shape index (κ1) is 33.0. The number of aromatic nitrogens is 4. The van der Waals surface area contributed by atoms with Gasteiger partial charge in [0.25, 0.3) is 5.85 Å². The number of nitrogens with zero attached hydrogens (tertiary/aromatic N) is 4. The fourth-order valence-electron chi connectivity index (χ4n) is 5.63. The van der Waals surface area contributed by atoms with Gasteiger partial charge in [-0.15, -0.1) is 0 Å². The number of nitrogens with two attached hydrogens (primary N) is 1. The molecular formula is C30H35F2N6O8P. The van der Waals surface area contributed by atoms with Gasteiger partial charge in [-0.05, 0) is 38.1 Å². The van der Waals surface area contributed by atoms with Crippen LogP contribution in [0.5, 0.6) is 11.6 Å². The van der Waals surface area contributed by atoms with Crippen LogP contribution < -0.4 is 20.1 Å². The van der Waals surface area contributed by atoms with Crippen LogP contribution in [0.4, 0.5) is 14.7 Å². The molecule has 1 aliphatic carbocycles. The SMILES string of the molecule is CCOc1nc(N)nc2c1ncn2[C@@H]1O[C@]2(F)C(OP(=O)(NC(C)C(=O)OCC(C)C)Oc3cccc4ccccc34)[C@]2(O)[C@@]1(C)F. The molecule has 4 N–H and O–H groups in total. The second-order valence-corrected chi connectivity index (χ2v) is 13.7. The zero-order valence-electron chi connectivity index (χ0n) is 26.2. The van der Waals surface area contributed by atoms with E-state index in [1.165, 1.54) is 13.0 Å². The normalized spacial score (nSPS) is 28.6. The number of nitrogen functional groups attached to an aromatic ring is 1. The molecule has 3 unspecified atom stereocenters. The number of halogens is 2. The lowest BCUT2D eigenvalue weighted by atomic mass is 9.97. The Labute approximate surface area is 268 Å². The van der Waals surface area contributed by atoms with E-state index in [-0.39, 0.29) is 47.9 Å². The number of rotatable bonds is 12. The lowest BCUT2D eigenvalue weighted by Gasteiger charge is -2.31. The van der Waals surface area contributed by atoms with Crippen LogP contribution >= 0.6 is 7.75 Å². The van der Waals surface area contributed by atoms with Crippen LogP contribution in [-0.2, 0) is 23.4 Å². The van der Waals surface area contributed by atoms with Crippen LogP contribution in [0.3, 0.4) is 0 Å². The van der Waals surface area contributed by atoms with Crippen molar-refractivity contribution in [2.45, 2.75) is 70.1 Å². The number of anilines is 1. The quantitative estimate of drug-likeness (QED) is 0.142. The zero-order valence-corrected chi connectivity index (χ0v) is 27.1. The number of hydrogen-bond acceptors (Lipinski definition) is 12. The maximum atomic E-state index is 16.7. The van der Waals surface area contributed by atoms with Crippen LogP contribution in [-0.4, -0.2) is 73.1 Å².